The average Bonchev–Trinajstić information content (AvgIpc) is 2.55. The number of esters is 1. The summed E-state index contributed by atoms with van der Waals surface area (Å²) < 4.78 is 4.90. The molecule has 0 amide bonds. The number of aryl methyl sites for hydroxylation is 2. The minimum atomic E-state index is -0.586. The molecule has 0 saturated carbocycles. The van der Waals surface area contributed by atoms with Crippen LogP contribution in [-0.4, -0.2) is 13.1 Å². The molecule has 112 valence electrons. The molecule has 0 bridgehead atoms. The molecule has 1 N–H and O–H groups in total. The monoisotopic (exact) mass is 294 g/mol. The first-order valence-electron chi connectivity index (χ1n) is 6.97. The molecular weight excluding hydrogens is 276 g/mol. The number of ether oxygens (including phenoxy) is 1. The average molecular weight is 294 g/mol. The molecule has 0 aliphatic heterocycles. The number of hydrogen-bond acceptors (Lipinski definition) is 4. The standard InChI is InChI=1S/C18H18N2O2/c1-12-4-7-15(10-13(12)2)17(18(21)22-3)20-16-8-5-14(11-19)6-9-16/h4-10,17,20H,1-3H3. The van der Waals surface area contributed by atoms with Crippen molar-refractivity contribution in [3.05, 3.63) is 64.7 Å². The van der Waals surface area contributed by atoms with Crippen LogP contribution in [0.2, 0.25) is 0 Å². The van der Waals surface area contributed by atoms with Gasteiger partial charge in [-0.15, -0.1) is 0 Å². The lowest BCUT2D eigenvalue weighted by molar-refractivity contribution is -0.141. The van der Waals surface area contributed by atoms with Gasteiger partial charge in [-0.05, 0) is 54.8 Å². The van der Waals surface area contributed by atoms with Crippen molar-refractivity contribution in [1.29, 1.82) is 5.26 Å². The topological polar surface area (TPSA) is 62.1 Å². The molecule has 2 aromatic carbocycles. The van der Waals surface area contributed by atoms with E-state index >= 15 is 0 Å². The lowest BCUT2D eigenvalue weighted by Gasteiger charge is -2.19. The highest BCUT2D eigenvalue weighted by atomic mass is 16.5. The van der Waals surface area contributed by atoms with Crippen molar-refractivity contribution in [2.45, 2.75) is 19.9 Å². The van der Waals surface area contributed by atoms with Gasteiger partial charge in [0.05, 0.1) is 18.7 Å². The van der Waals surface area contributed by atoms with Gasteiger partial charge in [0.1, 0.15) is 0 Å². The second-order valence-corrected chi connectivity index (χ2v) is 5.13. The Bertz CT molecular complexity index is 715. The zero-order valence-electron chi connectivity index (χ0n) is 12.9. The number of carbonyl (C=O) groups excluding carboxylic acids is 1. The molecular formula is C18H18N2O2. The molecule has 0 fully saturated rings. The smallest absolute Gasteiger partial charge is 0.332 e. The lowest BCUT2D eigenvalue weighted by Crippen LogP contribution is -2.22. The maximum absolute atomic E-state index is 12.1. The van der Waals surface area contributed by atoms with E-state index in [1.54, 1.807) is 24.3 Å². The molecule has 0 radical (unpaired) electrons. The third kappa shape index (κ3) is 3.44. The lowest BCUT2D eigenvalue weighted by atomic mass is 10.0. The number of rotatable bonds is 4. The van der Waals surface area contributed by atoms with Crippen LogP contribution in [0.4, 0.5) is 5.69 Å². The maximum atomic E-state index is 12.1. The van der Waals surface area contributed by atoms with E-state index in [0.717, 1.165) is 16.8 Å². The van der Waals surface area contributed by atoms with Crippen molar-refractivity contribution in [3.8, 4) is 6.07 Å². The third-order valence-corrected chi connectivity index (χ3v) is 3.63. The zero-order valence-corrected chi connectivity index (χ0v) is 12.9. The van der Waals surface area contributed by atoms with Gasteiger partial charge in [-0.2, -0.15) is 5.26 Å². The fourth-order valence-corrected chi connectivity index (χ4v) is 2.15. The Labute approximate surface area is 130 Å². The highest BCUT2D eigenvalue weighted by Crippen LogP contribution is 2.23. The number of benzene rings is 2. The van der Waals surface area contributed by atoms with E-state index in [1.165, 1.54) is 12.7 Å². The first kappa shape index (κ1) is 15.6. The molecule has 2 aromatic rings. The van der Waals surface area contributed by atoms with Crippen molar-refractivity contribution in [2.75, 3.05) is 12.4 Å². The molecule has 1 atom stereocenters. The molecule has 0 aromatic heterocycles. The Balaban J connectivity index is 2.31. The van der Waals surface area contributed by atoms with Crippen LogP contribution in [0.3, 0.4) is 0 Å². The van der Waals surface area contributed by atoms with E-state index in [4.69, 9.17) is 10.00 Å². The number of nitriles is 1. The van der Waals surface area contributed by atoms with Crippen LogP contribution in [0.15, 0.2) is 42.5 Å². The second-order valence-electron chi connectivity index (χ2n) is 5.13. The van der Waals surface area contributed by atoms with Crippen molar-refractivity contribution in [2.24, 2.45) is 0 Å². The van der Waals surface area contributed by atoms with Gasteiger partial charge in [0.25, 0.3) is 0 Å². The first-order valence-corrected chi connectivity index (χ1v) is 6.97. The van der Waals surface area contributed by atoms with Crippen molar-refractivity contribution < 1.29 is 9.53 Å². The van der Waals surface area contributed by atoms with Gasteiger partial charge in [-0.1, -0.05) is 18.2 Å². The molecule has 0 spiro atoms. The van der Waals surface area contributed by atoms with Crippen molar-refractivity contribution in [1.82, 2.24) is 0 Å². The van der Waals surface area contributed by atoms with E-state index in [9.17, 15) is 4.79 Å². The van der Waals surface area contributed by atoms with Gasteiger partial charge in [0.15, 0.2) is 6.04 Å². The van der Waals surface area contributed by atoms with Crippen LogP contribution in [0, 0.1) is 25.2 Å². The van der Waals surface area contributed by atoms with Crippen LogP contribution in [0.25, 0.3) is 0 Å². The minimum absolute atomic E-state index is 0.354. The predicted molar refractivity (Wildman–Crippen MR) is 85.5 cm³/mol. The van der Waals surface area contributed by atoms with E-state index < -0.39 is 6.04 Å². The summed E-state index contributed by atoms with van der Waals surface area (Å²) in [6, 6.07) is 14.3. The number of nitrogens with one attached hydrogen (secondary N) is 1. The molecule has 0 aliphatic rings. The number of methoxy groups -OCH3 is 1. The Morgan fingerprint density at radius 2 is 1.82 bits per heavy atom. The van der Waals surface area contributed by atoms with Crippen molar-refractivity contribution in [3.63, 3.8) is 0 Å². The molecule has 4 nitrogen and oxygen atoms in total. The summed E-state index contributed by atoms with van der Waals surface area (Å²) in [6.45, 7) is 4.04. The summed E-state index contributed by atoms with van der Waals surface area (Å²) in [4.78, 5) is 12.1. The number of nitrogens with zero attached hydrogens (tertiary/aromatic N) is 1. The molecule has 4 heteroatoms. The quantitative estimate of drug-likeness (QED) is 0.877. The van der Waals surface area contributed by atoms with E-state index in [1.807, 2.05) is 32.0 Å². The van der Waals surface area contributed by atoms with Gasteiger partial charge in [-0.3, -0.25) is 0 Å². The van der Waals surface area contributed by atoms with E-state index in [0.29, 0.717) is 5.56 Å². The van der Waals surface area contributed by atoms with Crippen LogP contribution in [0.5, 0.6) is 0 Å². The highest BCUT2D eigenvalue weighted by molar-refractivity contribution is 5.81. The summed E-state index contributed by atoms with van der Waals surface area (Å²) >= 11 is 0. The normalized spacial score (nSPS) is 11.4. The molecule has 0 aliphatic carbocycles. The summed E-state index contributed by atoms with van der Waals surface area (Å²) in [5, 5.41) is 12.0. The van der Waals surface area contributed by atoms with Gasteiger partial charge in [0, 0.05) is 5.69 Å². The number of carbonyl (C=O) groups is 1. The summed E-state index contributed by atoms with van der Waals surface area (Å²) in [5.74, 6) is -0.354. The highest BCUT2D eigenvalue weighted by Gasteiger charge is 2.21. The fourth-order valence-electron chi connectivity index (χ4n) is 2.15. The van der Waals surface area contributed by atoms with Gasteiger partial charge in [0.2, 0.25) is 0 Å². The molecule has 1 unspecified atom stereocenters. The summed E-state index contributed by atoms with van der Waals surface area (Å²) in [7, 11) is 1.37. The number of hydrogen-bond donors (Lipinski definition) is 1. The Hall–Kier alpha value is -2.80. The molecule has 22 heavy (non-hydrogen) atoms. The Morgan fingerprint density at radius 3 is 2.36 bits per heavy atom. The van der Waals surface area contributed by atoms with Gasteiger partial charge in [-0.25, -0.2) is 4.79 Å². The van der Waals surface area contributed by atoms with Crippen molar-refractivity contribution >= 4 is 11.7 Å². The van der Waals surface area contributed by atoms with Gasteiger partial charge >= 0.3 is 5.97 Å². The number of anilines is 1. The molecule has 2 rings (SSSR count). The van der Waals surface area contributed by atoms with E-state index in [-0.39, 0.29) is 5.97 Å². The van der Waals surface area contributed by atoms with Crippen LogP contribution >= 0.6 is 0 Å². The van der Waals surface area contributed by atoms with E-state index in [2.05, 4.69) is 11.4 Å². The minimum Gasteiger partial charge on any atom is -0.467 e. The summed E-state index contributed by atoms with van der Waals surface area (Å²) in [6.07, 6.45) is 0. The first-order chi connectivity index (χ1) is 10.5. The largest absolute Gasteiger partial charge is 0.467 e. The van der Waals surface area contributed by atoms with Crippen LogP contribution in [-0.2, 0) is 9.53 Å². The second kappa shape index (κ2) is 6.77. The Morgan fingerprint density at radius 1 is 1.14 bits per heavy atom. The van der Waals surface area contributed by atoms with Crippen LogP contribution in [0.1, 0.15) is 28.3 Å². The SMILES string of the molecule is COC(=O)C(Nc1ccc(C#N)cc1)c1ccc(C)c(C)c1. The van der Waals surface area contributed by atoms with Gasteiger partial charge < -0.3 is 10.1 Å². The molecule has 0 heterocycles. The maximum Gasteiger partial charge on any atom is 0.332 e. The third-order valence-electron chi connectivity index (χ3n) is 3.63. The predicted octanol–water partition coefficient (Wildman–Crippen LogP) is 3.50. The fraction of sp³-hybridized carbons (Fsp3) is 0.222. The molecule has 0 saturated heterocycles. The van der Waals surface area contributed by atoms with Crippen LogP contribution < -0.4 is 5.32 Å². The summed E-state index contributed by atoms with van der Waals surface area (Å²) in [5.41, 5.74) is 4.47. The Kier molecular flexibility index (Phi) is 4.80. The zero-order chi connectivity index (χ0) is 16.1.